The number of benzene rings is 2. The molecular formula is C29H28F6N4O4S. The summed E-state index contributed by atoms with van der Waals surface area (Å²) in [5.74, 6) is -1.97. The Hall–Kier alpha value is -4.11. The van der Waals surface area contributed by atoms with Crippen LogP contribution in [0.1, 0.15) is 49.6 Å². The van der Waals surface area contributed by atoms with Gasteiger partial charge < -0.3 is 20.5 Å². The van der Waals surface area contributed by atoms with Crippen LogP contribution in [0.25, 0.3) is 11.6 Å². The maximum atomic E-state index is 13.3. The third kappa shape index (κ3) is 6.68. The number of carbonyl (C=O) groups is 2. The first kappa shape index (κ1) is 32.8. The van der Waals surface area contributed by atoms with E-state index in [-0.39, 0.29) is 28.8 Å². The first-order chi connectivity index (χ1) is 20.3. The van der Waals surface area contributed by atoms with Crippen LogP contribution in [0.5, 0.6) is 0 Å². The number of aromatic nitrogens is 1. The number of hydrogen-bond acceptors (Lipinski definition) is 5. The summed E-state index contributed by atoms with van der Waals surface area (Å²) in [5.41, 5.74) is -1.59. The molecule has 0 atom stereocenters. The molecule has 0 radical (unpaired) electrons. The highest BCUT2D eigenvalue weighted by atomic mass is 32.2. The first-order valence-electron chi connectivity index (χ1n) is 13.1. The summed E-state index contributed by atoms with van der Waals surface area (Å²) in [7, 11) is -1.07. The van der Waals surface area contributed by atoms with E-state index < -0.39 is 55.4 Å². The van der Waals surface area contributed by atoms with Crippen molar-refractivity contribution in [3.8, 4) is 0 Å². The standard InChI is InChI=1S/C29H28F6N4O4S/c1-15-24(37-16(2)25(15)27(41)39(4)8-7-36-3)13-22-21-12-20(5-6-23(21)38-26(22)40)44(42,43)14-17-9-18(28(30,31)32)11-19(10-17)29(33,34)35/h5-6,9-13,36-37H,7-8,14H2,1-4H3,(H,38,40)/b22-13-. The van der Waals surface area contributed by atoms with Gasteiger partial charge in [-0.15, -0.1) is 0 Å². The molecule has 3 N–H and O–H groups in total. The second-order valence-corrected chi connectivity index (χ2v) is 12.4. The zero-order chi connectivity index (χ0) is 32.8. The lowest BCUT2D eigenvalue weighted by Gasteiger charge is -2.17. The second-order valence-electron chi connectivity index (χ2n) is 10.4. The van der Waals surface area contributed by atoms with E-state index in [1.165, 1.54) is 17.0 Å². The molecular weight excluding hydrogens is 614 g/mol. The number of amides is 2. The number of aryl methyl sites for hydroxylation is 1. The smallest absolute Gasteiger partial charge is 0.358 e. The zero-order valence-electron chi connectivity index (χ0n) is 23.9. The molecule has 4 rings (SSSR count). The molecule has 2 aromatic carbocycles. The van der Waals surface area contributed by atoms with Crippen LogP contribution in [0, 0.1) is 13.8 Å². The topological polar surface area (TPSA) is 111 Å². The van der Waals surface area contributed by atoms with Crippen molar-refractivity contribution in [2.24, 2.45) is 0 Å². The minimum atomic E-state index is -5.14. The summed E-state index contributed by atoms with van der Waals surface area (Å²) in [6.45, 7) is 4.40. The van der Waals surface area contributed by atoms with Gasteiger partial charge >= 0.3 is 12.4 Å². The Kier molecular flexibility index (Phi) is 8.77. The molecule has 1 aliphatic rings. The van der Waals surface area contributed by atoms with Gasteiger partial charge in [-0.3, -0.25) is 9.59 Å². The van der Waals surface area contributed by atoms with Crippen LogP contribution in [0.4, 0.5) is 32.0 Å². The molecule has 0 saturated carbocycles. The Morgan fingerprint density at radius 2 is 1.61 bits per heavy atom. The zero-order valence-corrected chi connectivity index (χ0v) is 24.7. The summed E-state index contributed by atoms with van der Waals surface area (Å²) in [5, 5.41) is 5.56. The van der Waals surface area contributed by atoms with Crippen molar-refractivity contribution in [3.63, 3.8) is 0 Å². The molecule has 1 aromatic heterocycles. The Balaban J connectivity index is 1.71. The van der Waals surface area contributed by atoms with Gasteiger partial charge in [0.1, 0.15) is 0 Å². The van der Waals surface area contributed by atoms with Crippen LogP contribution >= 0.6 is 0 Å². The fourth-order valence-electron chi connectivity index (χ4n) is 4.86. The third-order valence-electron chi connectivity index (χ3n) is 7.16. The molecule has 2 amide bonds. The van der Waals surface area contributed by atoms with E-state index >= 15 is 0 Å². The molecule has 0 bridgehead atoms. The third-order valence-corrected chi connectivity index (χ3v) is 8.85. The average Bonchev–Trinajstić information content (AvgIpc) is 3.38. The molecule has 0 fully saturated rings. The number of nitrogens with one attached hydrogen (secondary N) is 3. The van der Waals surface area contributed by atoms with Gasteiger partial charge in [-0.05, 0) is 74.5 Å². The predicted molar refractivity (Wildman–Crippen MR) is 151 cm³/mol. The van der Waals surface area contributed by atoms with Crippen molar-refractivity contribution >= 4 is 39.0 Å². The van der Waals surface area contributed by atoms with Crippen molar-refractivity contribution < 1.29 is 44.3 Å². The molecule has 1 aliphatic heterocycles. The summed E-state index contributed by atoms with van der Waals surface area (Å²) in [6.07, 6.45) is -8.83. The number of rotatable bonds is 8. The average molecular weight is 643 g/mol. The van der Waals surface area contributed by atoms with Crippen molar-refractivity contribution in [2.75, 3.05) is 32.5 Å². The number of alkyl halides is 6. The molecule has 0 aliphatic carbocycles. The highest BCUT2D eigenvalue weighted by Crippen LogP contribution is 2.39. The van der Waals surface area contributed by atoms with Gasteiger partial charge in [-0.25, -0.2) is 8.42 Å². The SMILES string of the molecule is CNCCN(C)C(=O)c1c(C)[nH]c(/C=C2\C(=O)Nc3ccc(S(=O)(=O)Cc4cc(C(F)(F)F)cc(C(F)(F)F)c4)cc32)c1C. The van der Waals surface area contributed by atoms with E-state index in [1.54, 1.807) is 27.9 Å². The normalized spacial score (nSPS) is 14.6. The molecule has 2 heterocycles. The second kappa shape index (κ2) is 11.8. The van der Waals surface area contributed by atoms with Gasteiger partial charge in [0.15, 0.2) is 9.84 Å². The van der Waals surface area contributed by atoms with Crippen molar-refractivity contribution in [1.29, 1.82) is 0 Å². The first-order valence-corrected chi connectivity index (χ1v) is 14.8. The van der Waals surface area contributed by atoms with Crippen LogP contribution in [-0.2, 0) is 32.7 Å². The van der Waals surface area contributed by atoms with Crippen LogP contribution in [-0.4, -0.2) is 57.3 Å². The van der Waals surface area contributed by atoms with E-state index in [0.717, 1.165) is 12.1 Å². The minimum absolute atomic E-state index is 0.0439. The van der Waals surface area contributed by atoms with Crippen molar-refractivity contribution in [3.05, 3.63) is 81.2 Å². The Morgan fingerprint density at radius 3 is 2.18 bits per heavy atom. The molecule has 0 unspecified atom stereocenters. The maximum absolute atomic E-state index is 13.3. The summed E-state index contributed by atoms with van der Waals surface area (Å²) < 4.78 is 106. The summed E-state index contributed by atoms with van der Waals surface area (Å²) >= 11 is 0. The number of aromatic amines is 1. The largest absolute Gasteiger partial charge is 0.416 e. The molecule has 236 valence electrons. The van der Waals surface area contributed by atoms with E-state index in [2.05, 4.69) is 15.6 Å². The van der Waals surface area contributed by atoms with Crippen LogP contribution < -0.4 is 10.6 Å². The van der Waals surface area contributed by atoms with Gasteiger partial charge in [0.2, 0.25) is 0 Å². The van der Waals surface area contributed by atoms with Crippen molar-refractivity contribution in [2.45, 2.75) is 36.8 Å². The Labute approximate surface area is 249 Å². The monoisotopic (exact) mass is 642 g/mol. The highest BCUT2D eigenvalue weighted by molar-refractivity contribution is 7.90. The molecule has 8 nitrogen and oxygen atoms in total. The number of H-pyrrole nitrogens is 1. The Bertz CT molecular complexity index is 1740. The van der Waals surface area contributed by atoms with Crippen molar-refractivity contribution in [1.82, 2.24) is 15.2 Å². The number of carbonyl (C=O) groups excluding carboxylic acids is 2. The molecule has 0 saturated heterocycles. The summed E-state index contributed by atoms with van der Waals surface area (Å²) in [4.78, 5) is 30.1. The number of fused-ring (bicyclic) bond motifs is 1. The number of likely N-dealkylation sites (N-methyl/N-ethyl adjacent to an activating group) is 2. The maximum Gasteiger partial charge on any atom is 0.416 e. The van der Waals surface area contributed by atoms with Gasteiger partial charge in [-0.2, -0.15) is 26.3 Å². The molecule has 3 aromatic rings. The molecule has 0 spiro atoms. The van der Waals surface area contributed by atoms with E-state index in [1.807, 2.05) is 0 Å². The van der Waals surface area contributed by atoms with E-state index in [9.17, 15) is 44.3 Å². The van der Waals surface area contributed by atoms with Crippen LogP contribution in [0.15, 0.2) is 41.3 Å². The molecule has 44 heavy (non-hydrogen) atoms. The lowest BCUT2D eigenvalue weighted by Crippen LogP contribution is -2.33. The number of sulfone groups is 1. The van der Waals surface area contributed by atoms with Gasteiger partial charge in [0.05, 0.1) is 32.9 Å². The number of halogens is 6. The fourth-order valence-corrected chi connectivity index (χ4v) is 6.21. The predicted octanol–water partition coefficient (Wildman–Crippen LogP) is 5.43. The van der Waals surface area contributed by atoms with Crippen LogP contribution in [0.2, 0.25) is 0 Å². The number of nitrogens with zero attached hydrogens (tertiary/aromatic N) is 1. The lowest BCUT2D eigenvalue weighted by atomic mass is 10.0. The molecule has 15 heteroatoms. The number of anilines is 1. The summed E-state index contributed by atoms with van der Waals surface area (Å²) in [6, 6.07) is 4.17. The quantitative estimate of drug-likeness (QED) is 0.224. The highest BCUT2D eigenvalue weighted by Gasteiger charge is 2.37. The van der Waals surface area contributed by atoms with Gasteiger partial charge in [0.25, 0.3) is 11.8 Å². The van der Waals surface area contributed by atoms with E-state index in [0.29, 0.717) is 47.7 Å². The van der Waals surface area contributed by atoms with Gasteiger partial charge in [-0.1, -0.05) is 0 Å². The fraction of sp³-hybridized carbons (Fsp3) is 0.310. The van der Waals surface area contributed by atoms with E-state index in [4.69, 9.17) is 0 Å². The van der Waals surface area contributed by atoms with Gasteiger partial charge in [0, 0.05) is 42.8 Å². The Morgan fingerprint density at radius 1 is 1.00 bits per heavy atom. The van der Waals surface area contributed by atoms with Crippen LogP contribution in [0.3, 0.4) is 0 Å². The lowest BCUT2D eigenvalue weighted by molar-refractivity contribution is -0.143. The number of hydrogen-bond donors (Lipinski definition) is 3. The minimum Gasteiger partial charge on any atom is -0.358 e.